The van der Waals surface area contributed by atoms with E-state index in [1.807, 2.05) is 20.8 Å². The van der Waals surface area contributed by atoms with E-state index in [0.29, 0.717) is 0 Å². The van der Waals surface area contributed by atoms with E-state index in [1.165, 1.54) is 32.1 Å². The molecule has 7 nitrogen and oxygen atoms in total. The minimum atomic E-state index is -1.50. The summed E-state index contributed by atoms with van der Waals surface area (Å²) >= 11 is 0. The molecule has 0 aromatic rings. The smallest absolute Gasteiger partial charge is 0.444 e. The molecule has 8 heteroatoms. The van der Waals surface area contributed by atoms with Gasteiger partial charge in [0.2, 0.25) is 0 Å². The Balaban J connectivity index is -0.000000374. The quantitative estimate of drug-likeness (QED) is 0.170. The van der Waals surface area contributed by atoms with Gasteiger partial charge in [-0.25, -0.2) is 4.79 Å². The Morgan fingerprint density at radius 3 is 1.74 bits per heavy atom. The van der Waals surface area contributed by atoms with Gasteiger partial charge in [0.1, 0.15) is 5.60 Å². The van der Waals surface area contributed by atoms with Crippen LogP contribution >= 0.6 is 0 Å². The van der Waals surface area contributed by atoms with Gasteiger partial charge in [0.15, 0.2) is 0 Å². The molecule has 0 aromatic heterocycles. The van der Waals surface area contributed by atoms with E-state index in [-0.39, 0.29) is 35.9 Å². The van der Waals surface area contributed by atoms with Crippen LogP contribution in [0.25, 0.3) is 0 Å². The van der Waals surface area contributed by atoms with Crippen LogP contribution in [0.15, 0.2) is 24.3 Å². The monoisotopic (exact) mass is 478 g/mol. The Morgan fingerprint density at radius 2 is 1.37 bits per heavy atom. The van der Waals surface area contributed by atoms with Gasteiger partial charge in [0.05, 0.1) is 0 Å². The summed E-state index contributed by atoms with van der Waals surface area (Å²) in [6, 6.07) is 0. The Hall–Kier alpha value is -1.31. The second kappa shape index (κ2) is 18.1. The van der Waals surface area contributed by atoms with Crippen molar-refractivity contribution in [2.45, 2.75) is 71.3 Å². The molecule has 1 aliphatic carbocycles. The van der Waals surface area contributed by atoms with Crippen molar-refractivity contribution in [2.75, 3.05) is 13.1 Å². The second-order valence-electron chi connectivity index (χ2n) is 6.86. The van der Waals surface area contributed by atoms with Gasteiger partial charge in [-0.05, 0) is 59.3 Å². The molecule has 162 valence electrons. The summed E-state index contributed by atoms with van der Waals surface area (Å²) in [6.07, 6.45) is 17.4. The first-order valence-corrected chi connectivity index (χ1v) is 8.83. The molecule has 1 aliphatic heterocycles. The average Bonchev–Trinajstić information content (AvgIpc) is 2.93. The van der Waals surface area contributed by atoms with E-state index < -0.39 is 10.7 Å². The summed E-state index contributed by atoms with van der Waals surface area (Å²) in [7, 11) is 0. The number of rotatable bonds is 0. The Labute approximate surface area is 179 Å². The van der Waals surface area contributed by atoms with Crippen molar-refractivity contribution in [3.05, 3.63) is 41.8 Å². The third kappa shape index (κ3) is 22.6. The van der Waals surface area contributed by atoms with E-state index >= 15 is 0 Å². The van der Waals surface area contributed by atoms with Gasteiger partial charge in [0, 0.05) is 13.1 Å². The maximum atomic E-state index is 11.6. The summed E-state index contributed by atoms with van der Waals surface area (Å²) in [5, 5.41) is 13.6. The van der Waals surface area contributed by atoms with Crippen LogP contribution in [0.5, 0.6) is 0 Å². The van der Waals surface area contributed by atoms with Crippen LogP contribution in [0.1, 0.15) is 65.7 Å². The number of carbonyl (C=O) groups is 1. The molecule has 0 unspecified atom stereocenters. The van der Waals surface area contributed by atoms with Crippen LogP contribution in [0, 0.1) is 17.5 Å². The third-order valence-electron chi connectivity index (χ3n) is 3.36. The standard InChI is InChI=1S/C11H19NO2.C7H12.CH3.Ag.HNO3/c1-11(2,3)14-10(13)12-8-6-4-5-7-9-12;1-2-4-6-7-5-3-1;;;2-1(3)4/h4-5H,6-9H2,1-3H3;1-2H,3-7H2;1H3;;(H,2,3,4)/q;;-1;+1;. The molecule has 2 rings (SSSR count). The van der Waals surface area contributed by atoms with Crippen molar-refractivity contribution in [3.63, 3.8) is 0 Å². The molecule has 0 saturated carbocycles. The largest absolute Gasteiger partial charge is 1.00 e. The van der Waals surface area contributed by atoms with E-state index in [1.54, 1.807) is 4.90 Å². The first-order chi connectivity index (χ1) is 11.7. The predicted molar refractivity (Wildman–Crippen MR) is 104 cm³/mol. The zero-order valence-electron chi connectivity index (χ0n) is 16.9. The number of allylic oxidation sites excluding steroid dienone is 2. The molecule has 2 aliphatic rings. The number of hydrogen-bond acceptors (Lipinski definition) is 4. The van der Waals surface area contributed by atoms with Crippen molar-refractivity contribution >= 4 is 6.09 Å². The molecule has 0 spiro atoms. The van der Waals surface area contributed by atoms with Crippen molar-refractivity contribution in [3.8, 4) is 0 Å². The molecule has 1 N–H and O–H groups in total. The maximum Gasteiger partial charge on any atom is 1.00 e. The van der Waals surface area contributed by atoms with Gasteiger partial charge >= 0.3 is 28.5 Å². The number of amides is 1. The van der Waals surface area contributed by atoms with Gasteiger partial charge in [-0.1, -0.05) is 30.7 Å². The van der Waals surface area contributed by atoms with Crippen molar-refractivity contribution in [1.29, 1.82) is 0 Å². The molecule has 1 heterocycles. The minimum absolute atomic E-state index is 0. The fourth-order valence-electron chi connectivity index (χ4n) is 2.25. The summed E-state index contributed by atoms with van der Waals surface area (Å²) in [5.74, 6) is 0. The van der Waals surface area contributed by atoms with Crippen LogP contribution in [0.2, 0.25) is 0 Å². The van der Waals surface area contributed by atoms with Crippen molar-refractivity contribution < 1.29 is 42.2 Å². The van der Waals surface area contributed by atoms with Crippen LogP contribution < -0.4 is 0 Å². The maximum absolute atomic E-state index is 11.6. The first-order valence-electron chi connectivity index (χ1n) is 8.83. The number of ether oxygens (including phenoxy) is 1. The van der Waals surface area contributed by atoms with Gasteiger partial charge in [-0.2, -0.15) is 0 Å². The molecule has 1 amide bonds. The van der Waals surface area contributed by atoms with Gasteiger partial charge in [0.25, 0.3) is 5.09 Å². The molecule has 0 bridgehead atoms. The fourth-order valence-corrected chi connectivity index (χ4v) is 2.25. The molecular weight excluding hydrogens is 444 g/mol. The van der Waals surface area contributed by atoms with Crippen LogP contribution in [-0.2, 0) is 27.1 Å². The van der Waals surface area contributed by atoms with Gasteiger partial charge in [-0.15, -0.1) is 10.1 Å². The van der Waals surface area contributed by atoms with E-state index in [2.05, 4.69) is 24.3 Å². The zero-order valence-corrected chi connectivity index (χ0v) is 18.4. The molecule has 0 atom stereocenters. The third-order valence-corrected chi connectivity index (χ3v) is 3.36. The molecule has 0 radical (unpaired) electrons. The van der Waals surface area contributed by atoms with E-state index in [4.69, 9.17) is 20.1 Å². The summed E-state index contributed by atoms with van der Waals surface area (Å²) in [6.45, 7) is 7.21. The molecular formula is C19H35AgN2O5. The Kier molecular flexibility index (Phi) is 20.4. The van der Waals surface area contributed by atoms with Crippen LogP contribution in [0.3, 0.4) is 0 Å². The molecule has 0 aromatic carbocycles. The number of hydrogen-bond donors (Lipinski definition) is 1. The first kappa shape index (κ1) is 30.4. The summed E-state index contributed by atoms with van der Waals surface area (Å²) < 4.78 is 5.29. The Morgan fingerprint density at radius 1 is 1.00 bits per heavy atom. The van der Waals surface area contributed by atoms with E-state index in [9.17, 15) is 4.79 Å². The van der Waals surface area contributed by atoms with Crippen molar-refractivity contribution in [1.82, 2.24) is 4.90 Å². The van der Waals surface area contributed by atoms with Crippen LogP contribution in [0.4, 0.5) is 4.79 Å². The average molecular weight is 479 g/mol. The SMILES string of the molecule is C1=CCCCCC1.CC(C)(C)OC(=O)N1CCC=CCC1.O=[N+]([O-])O.[Ag+].[CH3-]. The molecule has 27 heavy (non-hydrogen) atoms. The number of carbonyl (C=O) groups excluding carboxylic acids is 1. The molecule has 0 fully saturated rings. The Bertz CT molecular complexity index is 426. The summed E-state index contributed by atoms with van der Waals surface area (Å²) in [4.78, 5) is 21.8. The predicted octanol–water partition coefficient (Wildman–Crippen LogP) is 5.18. The number of nitrogens with zero attached hydrogens (tertiary/aromatic N) is 2. The van der Waals surface area contributed by atoms with Crippen molar-refractivity contribution in [2.24, 2.45) is 0 Å². The topological polar surface area (TPSA) is 92.9 Å². The van der Waals surface area contributed by atoms with Crippen LogP contribution in [-0.4, -0.2) is 40.0 Å². The summed E-state index contributed by atoms with van der Waals surface area (Å²) in [5.41, 5.74) is -0.392. The zero-order chi connectivity index (χ0) is 19.1. The minimum Gasteiger partial charge on any atom is -0.444 e. The fraction of sp³-hybridized carbons (Fsp3) is 0.684. The van der Waals surface area contributed by atoms with Gasteiger partial charge in [-0.3, -0.25) is 0 Å². The normalized spacial score (nSPS) is 15.7. The van der Waals surface area contributed by atoms with E-state index in [0.717, 1.165) is 25.9 Å². The second-order valence-corrected chi connectivity index (χ2v) is 6.86. The van der Waals surface area contributed by atoms with Gasteiger partial charge < -0.3 is 22.3 Å². The molecule has 0 saturated heterocycles.